The number of amides is 2. The summed E-state index contributed by atoms with van der Waals surface area (Å²) >= 11 is 0. The minimum absolute atomic E-state index is 0.105. The molecule has 1 atom stereocenters. The fraction of sp³-hybridized carbons (Fsp3) is 0.632. The molecular formula is C19H29F2N3O2. The van der Waals surface area contributed by atoms with E-state index in [1.807, 2.05) is 6.92 Å². The van der Waals surface area contributed by atoms with Crippen molar-refractivity contribution in [2.45, 2.75) is 52.3 Å². The van der Waals surface area contributed by atoms with Crippen LogP contribution >= 0.6 is 0 Å². The zero-order valence-electron chi connectivity index (χ0n) is 15.7. The molecular weight excluding hydrogens is 340 g/mol. The first kappa shape index (κ1) is 20.4. The lowest BCUT2D eigenvalue weighted by Gasteiger charge is -2.33. The normalized spacial score (nSPS) is 17.3. The van der Waals surface area contributed by atoms with Crippen molar-refractivity contribution in [1.82, 2.24) is 15.5 Å². The Kier molecular flexibility index (Phi) is 7.63. The Morgan fingerprint density at radius 3 is 2.35 bits per heavy atom. The van der Waals surface area contributed by atoms with Crippen molar-refractivity contribution in [3.8, 4) is 5.75 Å². The monoisotopic (exact) mass is 369 g/mol. The van der Waals surface area contributed by atoms with Crippen molar-refractivity contribution in [2.24, 2.45) is 5.92 Å². The van der Waals surface area contributed by atoms with E-state index in [-0.39, 0.29) is 23.9 Å². The van der Waals surface area contributed by atoms with Crippen LogP contribution in [0.15, 0.2) is 24.3 Å². The molecule has 0 saturated carbocycles. The van der Waals surface area contributed by atoms with Crippen LogP contribution in [-0.2, 0) is 0 Å². The molecule has 0 spiro atoms. The first-order chi connectivity index (χ1) is 12.3. The van der Waals surface area contributed by atoms with Crippen molar-refractivity contribution in [1.29, 1.82) is 0 Å². The van der Waals surface area contributed by atoms with Gasteiger partial charge in [0, 0.05) is 25.7 Å². The van der Waals surface area contributed by atoms with Crippen LogP contribution in [0.25, 0.3) is 0 Å². The lowest BCUT2D eigenvalue weighted by molar-refractivity contribution is -0.0498. The van der Waals surface area contributed by atoms with E-state index in [1.165, 1.54) is 12.1 Å². The van der Waals surface area contributed by atoms with E-state index in [2.05, 4.69) is 34.1 Å². The maximum absolute atomic E-state index is 12.2. The van der Waals surface area contributed by atoms with Crippen LogP contribution in [0, 0.1) is 5.92 Å². The Bertz CT molecular complexity index is 558. The molecule has 5 nitrogen and oxygen atoms in total. The van der Waals surface area contributed by atoms with E-state index in [1.54, 1.807) is 12.1 Å². The molecule has 1 aromatic rings. The van der Waals surface area contributed by atoms with Crippen molar-refractivity contribution in [2.75, 3.05) is 19.6 Å². The van der Waals surface area contributed by atoms with Gasteiger partial charge in [0.1, 0.15) is 5.75 Å². The van der Waals surface area contributed by atoms with Crippen LogP contribution < -0.4 is 15.4 Å². The lowest BCUT2D eigenvalue weighted by Crippen LogP contribution is -2.48. The second kappa shape index (κ2) is 9.71. The average Bonchev–Trinajstić information content (AvgIpc) is 2.56. The van der Waals surface area contributed by atoms with Crippen molar-refractivity contribution >= 4 is 6.03 Å². The molecule has 0 bridgehead atoms. The van der Waals surface area contributed by atoms with Gasteiger partial charge in [-0.2, -0.15) is 8.78 Å². The number of ether oxygens (including phenoxy) is 1. The van der Waals surface area contributed by atoms with Gasteiger partial charge in [0.05, 0.1) is 6.04 Å². The number of benzene rings is 1. The fourth-order valence-corrected chi connectivity index (χ4v) is 3.22. The molecule has 26 heavy (non-hydrogen) atoms. The molecule has 0 radical (unpaired) electrons. The highest BCUT2D eigenvalue weighted by atomic mass is 19.3. The number of likely N-dealkylation sites (tertiary alicyclic amines) is 1. The summed E-state index contributed by atoms with van der Waals surface area (Å²) in [6, 6.07) is 6.06. The van der Waals surface area contributed by atoms with E-state index in [4.69, 9.17) is 0 Å². The summed E-state index contributed by atoms with van der Waals surface area (Å²) in [4.78, 5) is 14.6. The molecule has 7 heteroatoms. The lowest BCUT2D eigenvalue weighted by atomic mass is 10.0. The third kappa shape index (κ3) is 6.78. The van der Waals surface area contributed by atoms with E-state index < -0.39 is 6.61 Å². The zero-order chi connectivity index (χ0) is 19.1. The smallest absolute Gasteiger partial charge is 0.387 e. The van der Waals surface area contributed by atoms with Gasteiger partial charge >= 0.3 is 12.6 Å². The molecule has 2 amide bonds. The Morgan fingerprint density at radius 2 is 1.81 bits per heavy atom. The largest absolute Gasteiger partial charge is 0.435 e. The number of carbonyl (C=O) groups is 1. The Labute approximate surface area is 154 Å². The van der Waals surface area contributed by atoms with Gasteiger partial charge in [-0.05, 0) is 43.4 Å². The number of carbonyl (C=O) groups excluding carboxylic acids is 1. The second-order valence-corrected chi connectivity index (χ2v) is 7.26. The molecule has 146 valence electrons. The molecule has 1 heterocycles. The van der Waals surface area contributed by atoms with Gasteiger partial charge in [0.15, 0.2) is 0 Å². The summed E-state index contributed by atoms with van der Waals surface area (Å²) in [5.41, 5.74) is 0.827. The van der Waals surface area contributed by atoms with Crippen LogP contribution in [0.2, 0.25) is 0 Å². The standard InChI is InChI=1S/C19H29F2N3O2/c1-13(2)12-24-10-8-16(9-11-24)23-19(25)22-14(3)15-4-6-17(7-5-15)26-18(20)21/h4-7,13-14,16,18H,8-12H2,1-3H3,(H2,22,23,25)/t14-/m0/s1. The maximum atomic E-state index is 12.2. The third-order valence-corrected chi connectivity index (χ3v) is 4.50. The molecule has 2 rings (SSSR count). The number of halogens is 2. The van der Waals surface area contributed by atoms with Crippen molar-refractivity contribution < 1.29 is 18.3 Å². The van der Waals surface area contributed by atoms with E-state index >= 15 is 0 Å². The molecule has 1 aliphatic rings. The van der Waals surface area contributed by atoms with Crippen LogP contribution in [0.4, 0.5) is 13.6 Å². The van der Waals surface area contributed by atoms with E-state index in [0.29, 0.717) is 5.92 Å². The molecule has 2 N–H and O–H groups in total. The zero-order valence-corrected chi connectivity index (χ0v) is 15.7. The van der Waals surface area contributed by atoms with Crippen LogP contribution in [0.1, 0.15) is 45.2 Å². The Balaban J connectivity index is 1.75. The quantitative estimate of drug-likeness (QED) is 0.769. The fourth-order valence-electron chi connectivity index (χ4n) is 3.22. The number of alkyl halides is 2. The summed E-state index contributed by atoms with van der Waals surface area (Å²) in [6.45, 7) is 6.55. The number of hydrogen-bond donors (Lipinski definition) is 2. The van der Waals surface area contributed by atoms with E-state index in [0.717, 1.165) is 38.0 Å². The minimum Gasteiger partial charge on any atom is -0.435 e. The second-order valence-electron chi connectivity index (χ2n) is 7.26. The van der Waals surface area contributed by atoms with Crippen LogP contribution in [-0.4, -0.2) is 43.2 Å². The first-order valence-electron chi connectivity index (χ1n) is 9.17. The summed E-state index contributed by atoms with van der Waals surface area (Å²) in [7, 11) is 0. The number of nitrogens with one attached hydrogen (secondary N) is 2. The van der Waals surface area contributed by atoms with Gasteiger partial charge in [0.25, 0.3) is 0 Å². The summed E-state index contributed by atoms with van der Waals surface area (Å²) in [5, 5.41) is 5.92. The molecule has 0 aliphatic carbocycles. The number of hydrogen-bond acceptors (Lipinski definition) is 3. The number of rotatable bonds is 7. The van der Waals surface area contributed by atoms with E-state index in [9.17, 15) is 13.6 Å². The highest BCUT2D eigenvalue weighted by Gasteiger charge is 2.21. The molecule has 1 saturated heterocycles. The SMILES string of the molecule is CC(C)CN1CCC(NC(=O)N[C@@H](C)c2ccc(OC(F)F)cc2)CC1. The summed E-state index contributed by atoms with van der Waals surface area (Å²) < 4.78 is 28.7. The predicted molar refractivity (Wildman–Crippen MR) is 97.5 cm³/mol. The minimum atomic E-state index is -2.84. The highest BCUT2D eigenvalue weighted by Crippen LogP contribution is 2.19. The van der Waals surface area contributed by atoms with Gasteiger partial charge in [0.2, 0.25) is 0 Å². The molecule has 1 aromatic carbocycles. The molecule has 1 aliphatic heterocycles. The van der Waals surface area contributed by atoms with Crippen LogP contribution in [0.3, 0.4) is 0 Å². The summed E-state index contributed by atoms with van der Waals surface area (Å²) in [6.07, 6.45) is 1.91. The number of urea groups is 1. The highest BCUT2D eigenvalue weighted by molar-refractivity contribution is 5.74. The van der Waals surface area contributed by atoms with Gasteiger partial charge in [-0.1, -0.05) is 26.0 Å². The Hall–Kier alpha value is -1.89. The topological polar surface area (TPSA) is 53.6 Å². The van der Waals surface area contributed by atoms with Crippen molar-refractivity contribution in [3.05, 3.63) is 29.8 Å². The van der Waals surface area contributed by atoms with Gasteiger partial charge in [-0.15, -0.1) is 0 Å². The predicted octanol–water partition coefficient (Wildman–Crippen LogP) is 3.77. The molecule has 0 unspecified atom stereocenters. The number of nitrogens with zero attached hydrogens (tertiary/aromatic N) is 1. The third-order valence-electron chi connectivity index (χ3n) is 4.50. The maximum Gasteiger partial charge on any atom is 0.387 e. The van der Waals surface area contributed by atoms with Crippen molar-refractivity contribution in [3.63, 3.8) is 0 Å². The van der Waals surface area contributed by atoms with Crippen LogP contribution in [0.5, 0.6) is 5.75 Å². The number of piperidine rings is 1. The average molecular weight is 369 g/mol. The Morgan fingerprint density at radius 1 is 1.19 bits per heavy atom. The molecule has 1 fully saturated rings. The van der Waals surface area contributed by atoms with Gasteiger partial charge in [-0.3, -0.25) is 0 Å². The first-order valence-corrected chi connectivity index (χ1v) is 9.17. The van der Waals surface area contributed by atoms with Gasteiger partial charge in [-0.25, -0.2) is 4.79 Å². The molecule has 0 aromatic heterocycles. The summed E-state index contributed by atoms with van der Waals surface area (Å²) in [5.74, 6) is 0.759. The van der Waals surface area contributed by atoms with Gasteiger partial charge < -0.3 is 20.3 Å².